The van der Waals surface area contributed by atoms with E-state index in [1.165, 1.54) is 49.2 Å². The van der Waals surface area contributed by atoms with Crippen LogP contribution in [0.4, 0.5) is 0 Å². The van der Waals surface area contributed by atoms with E-state index in [2.05, 4.69) is 37.1 Å². The van der Waals surface area contributed by atoms with Crippen LogP contribution in [0, 0.1) is 12.8 Å². The fraction of sp³-hybridized carbons (Fsp3) is 0.765. The minimum Gasteiger partial charge on any atom is -0.326 e. The predicted octanol–water partition coefficient (Wildman–Crippen LogP) is 4.35. The molecular formula is C17H30N2S. The van der Waals surface area contributed by atoms with Crippen molar-refractivity contribution in [1.29, 1.82) is 0 Å². The van der Waals surface area contributed by atoms with E-state index >= 15 is 0 Å². The molecule has 114 valence electrons. The molecule has 2 heterocycles. The topological polar surface area (TPSA) is 29.3 Å². The number of likely N-dealkylation sites (tertiary alicyclic amines) is 1. The number of nitrogens with zero attached hydrogens (tertiary/aromatic N) is 1. The molecule has 20 heavy (non-hydrogen) atoms. The van der Waals surface area contributed by atoms with Gasteiger partial charge in [-0.15, -0.1) is 11.3 Å². The average Bonchev–Trinajstić information content (AvgIpc) is 2.74. The van der Waals surface area contributed by atoms with E-state index < -0.39 is 0 Å². The SMILES string of the molecule is CCC1CCCN(C(c2sccc2C)C(N)CC)CC1. The summed E-state index contributed by atoms with van der Waals surface area (Å²) >= 11 is 1.89. The molecule has 2 N–H and O–H groups in total. The van der Waals surface area contributed by atoms with Crippen molar-refractivity contribution < 1.29 is 0 Å². The van der Waals surface area contributed by atoms with Crippen LogP contribution in [0.15, 0.2) is 11.4 Å². The van der Waals surface area contributed by atoms with Gasteiger partial charge in [0.25, 0.3) is 0 Å². The Morgan fingerprint density at radius 2 is 2.15 bits per heavy atom. The van der Waals surface area contributed by atoms with Gasteiger partial charge in [-0.25, -0.2) is 0 Å². The van der Waals surface area contributed by atoms with Crippen LogP contribution in [0.5, 0.6) is 0 Å². The van der Waals surface area contributed by atoms with Crippen molar-refractivity contribution in [3.05, 3.63) is 21.9 Å². The van der Waals surface area contributed by atoms with Crippen molar-refractivity contribution in [3.8, 4) is 0 Å². The average molecular weight is 295 g/mol. The molecule has 0 saturated carbocycles. The Bertz CT molecular complexity index is 401. The van der Waals surface area contributed by atoms with Gasteiger partial charge in [0.2, 0.25) is 0 Å². The van der Waals surface area contributed by atoms with Gasteiger partial charge >= 0.3 is 0 Å². The molecule has 0 aliphatic carbocycles. The molecule has 1 aliphatic rings. The first kappa shape index (κ1) is 16.0. The van der Waals surface area contributed by atoms with E-state index in [1.807, 2.05) is 11.3 Å². The van der Waals surface area contributed by atoms with E-state index in [1.54, 1.807) is 0 Å². The Balaban J connectivity index is 2.17. The molecule has 1 aromatic rings. The molecular weight excluding hydrogens is 264 g/mol. The summed E-state index contributed by atoms with van der Waals surface area (Å²) in [6, 6.07) is 2.92. The van der Waals surface area contributed by atoms with Crippen molar-refractivity contribution in [1.82, 2.24) is 4.90 Å². The van der Waals surface area contributed by atoms with Crippen LogP contribution in [0.3, 0.4) is 0 Å². The maximum absolute atomic E-state index is 6.49. The van der Waals surface area contributed by atoms with E-state index in [4.69, 9.17) is 5.73 Å². The first-order chi connectivity index (χ1) is 9.67. The number of aryl methyl sites for hydroxylation is 1. The molecule has 3 atom stereocenters. The zero-order chi connectivity index (χ0) is 14.5. The van der Waals surface area contributed by atoms with Crippen molar-refractivity contribution in [2.75, 3.05) is 13.1 Å². The van der Waals surface area contributed by atoms with E-state index in [9.17, 15) is 0 Å². The number of hydrogen-bond donors (Lipinski definition) is 1. The monoisotopic (exact) mass is 294 g/mol. The highest BCUT2D eigenvalue weighted by atomic mass is 32.1. The quantitative estimate of drug-likeness (QED) is 0.875. The normalized spacial score (nSPS) is 24.3. The number of nitrogens with two attached hydrogens (primary N) is 1. The van der Waals surface area contributed by atoms with Crippen LogP contribution in [0.1, 0.15) is 62.4 Å². The highest BCUT2D eigenvalue weighted by Crippen LogP contribution is 2.34. The summed E-state index contributed by atoms with van der Waals surface area (Å²) in [5.74, 6) is 0.919. The smallest absolute Gasteiger partial charge is 0.0596 e. The Labute approximate surface area is 128 Å². The van der Waals surface area contributed by atoms with Gasteiger partial charge in [0, 0.05) is 10.9 Å². The summed E-state index contributed by atoms with van der Waals surface area (Å²) in [6.07, 6.45) is 6.44. The van der Waals surface area contributed by atoms with Crippen molar-refractivity contribution in [3.63, 3.8) is 0 Å². The second kappa shape index (κ2) is 7.58. The third-order valence-corrected chi connectivity index (χ3v) is 5.99. The summed E-state index contributed by atoms with van der Waals surface area (Å²) in [5, 5.41) is 2.21. The standard InChI is InChI=1S/C17H30N2S/c1-4-14-7-6-10-19(11-8-14)16(15(18)5-2)17-13(3)9-12-20-17/h9,12,14-16H,4-8,10-11,18H2,1-3H3. The molecule has 0 radical (unpaired) electrons. The minimum atomic E-state index is 0.255. The number of thiophene rings is 1. The lowest BCUT2D eigenvalue weighted by molar-refractivity contribution is 0.175. The van der Waals surface area contributed by atoms with Crippen LogP contribution in [0.2, 0.25) is 0 Å². The second-order valence-electron chi connectivity index (χ2n) is 6.23. The molecule has 0 bridgehead atoms. The van der Waals surface area contributed by atoms with Crippen molar-refractivity contribution >= 4 is 11.3 Å². The van der Waals surface area contributed by atoms with Gasteiger partial charge in [-0.2, -0.15) is 0 Å². The minimum absolute atomic E-state index is 0.255. The molecule has 2 rings (SSSR count). The summed E-state index contributed by atoms with van der Waals surface area (Å²) in [7, 11) is 0. The third-order valence-electron chi connectivity index (χ3n) is 4.90. The van der Waals surface area contributed by atoms with Crippen LogP contribution < -0.4 is 5.73 Å². The van der Waals surface area contributed by atoms with E-state index in [-0.39, 0.29) is 6.04 Å². The lowest BCUT2D eigenvalue weighted by Crippen LogP contribution is -2.41. The maximum atomic E-state index is 6.49. The lowest BCUT2D eigenvalue weighted by Gasteiger charge is -2.34. The largest absolute Gasteiger partial charge is 0.326 e. The first-order valence-electron chi connectivity index (χ1n) is 8.21. The highest BCUT2D eigenvalue weighted by Gasteiger charge is 2.29. The van der Waals surface area contributed by atoms with Gasteiger partial charge in [0.05, 0.1) is 6.04 Å². The zero-order valence-electron chi connectivity index (χ0n) is 13.3. The molecule has 3 heteroatoms. The van der Waals surface area contributed by atoms with Gasteiger partial charge in [-0.3, -0.25) is 4.90 Å². The van der Waals surface area contributed by atoms with Gasteiger partial charge in [0.1, 0.15) is 0 Å². The molecule has 0 spiro atoms. The molecule has 1 saturated heterocycles. The Morgan fingerprint density at radius 3 is 2.75 bits per heavy atom. The Hall–Kier alpha value is -0.380. The fourth-order valence-electron chi connectivity index (χ4n) is 3.42. The Kier molecular flexibility index (Phi) is 6.06. The summed E-state index contributed by atoms with van der Waals surface area (Å²) in [5.41, 5.74) is 7.91. The van der Waals surface area contributed by atoms with Gasteiger partial charge in [-0.05, 0) is 68.6 Å². The fourth-order valence-corrected chi connectivity index (χ4v) is 4.55. The van der Waals surface area contributed by atoms with Gasteiger partial charge < -0.3 is 5.73 Å². The van der Waals surface area contributed by atoms with Crippen molar-refractivity contribution in [2.24, 2.45) is 11.7 Å². The van der Waals surface area contributed by atoms with E-state index in [0.717, 1.165) is 12.3 Å². The molecule has 1 fully saturated rings. The van der Waals surface area contributed by atoms with Gasteiger partial charge in [0.15, 0.2) is 0 Å². The maximum Gasteiger partial charge on any atom is 0.0596 e. The summed E-state index contributed by atoms with van der Waals surface area (Å²) in [4.78, 5) is 4.16. The molecule has 1 aliphatic heterocycles. The zero-order valence-corrected chi connectivity index (χ0v) is 14.1. The van der Waals surface area contributed by atoms with Crippen LogP contribution in [-0.2, 0) is 0 Å². The molecule has 0 amide bonds. The van der Waals surface area contributed by atoms with Crippen LogP contribution in [0.25, 0.3) is 0 Å². The predicted molar refractivity (Wildman–Crippen MR) is 89.3 cm³/mol. The van der Waals surface area contributed by atoms with Crippen molar-refractivity contribution in [2.45, 2.75) is 65.0 Å². The second-order valence-corrected chi connectivity index (χ2v) is 7.17. The number of rotatable bonds is 5. The summed E-state index contributed by atoms with van der Waals surface area (Å²) in [6.45, 7) is 9.21. The lowest BCUT2D eigenvalue weighted by atomic mass is 9.98. The molecule has 1 aromatic heterocycles. The molecule has 0 aromatic carbocycles. The molecule has 2 nitrogen and oxygen atoms in total. The highest BCUT2D eigenvalue weighted by molar-refractivity contribution is 7.10. The third kappa shape index (κ3) is 3.63. The summed E-state index contributed by atoms with van der Waals surface area (Å²) < 4.78 is 0. The Morgan fingerprint density at radius 1 is 1.35 bits per heavy atom. The number of hydrogen-bond acceptors (Lipinski definition) is 3. The first-order valence-corrected chi connectivity index (χ1v) is 9.08. The van der Waals surface area contributed by atoms with Crippen LogP contribution >= 0.6 is 11.3 Å². The van der Waals surface area contributed by atoms with E-state index in [0.29, 0.717) is 6.04 Å². The van der Waals surface area contributed by atoms with Crippen LogP contribution in [-0.4, -0.2) is 24.0 Å². The molecule has 3 unspecified atom stereocenters. The van der Waals surface area contributed by atoms with Gasteiger partial charge in [-0.1, -0.05) is 20.3 Å².